The highest BCUT2D eigenvalue weighted by molar-refractivity contribution is 7.09. The number of benzene rings is 1. The molecule has 1 N–H and O–H groups in total. The van der Waals surface area contributed by atoms with Crippen molar-refractivity contribution in [2.24, 2.45) is 0 Å². The molecule has 118 valence electrons. The summed E-state index contributed by atoms with van der Waals surface area (Å²) in [5, 5.41) is 6.47. The Morgan fingerprint density at radius 2 is 2.00 bits per heavy atom. The first-order chi connectivity index (χ1) is 11.5. The van der Waals surface area contributed by atoms with E-state index < -0.39 is 6.04 Å². The van der Waals surface area contributed by atoms with Gasteiger partial charge in [-0.15, -0.1) is 4.43 Å². The molecule has 1 fully saturated rings. The summed E-state index contributed by atoms with van der Waals surface area (Å²) in [5.74, 6) is -0.784. The molecule has 0 aliphatic carbocycles. The van der Waals surface area contributed by atoms with Gasteiger partial charge in [0.1, 0.15) is 6.04 Å². The quantitative estimate of drug-likeness (QED) is 0.647. The average molecular weight is 352 g/mol. The number of piperidine rings is 1. The molecule has 0 unspecified atom stereocenters. The van der Waals surface area contributed by atoms with E-state index in [0.717, 1.165) is 21.1 Å². The van der Waals surface area contributed by atoms with Crippen molar-refractivity contribution in [3.8, 4) is 11.1 Å². The van der Waals surface area contributed by atoms with Crippen LogP contribution >= 0.6 is 11.3 Å². The maximum atomic E-state index is 12.6. The first kappa shape index (κ1) is 15.6. The highest BCUT2D eigenvalue weighted by atomic mass is 32.1. The third kappa shape index (κ3) is 2.49. The van der Waals surface area contributed by atoms with Crippen LogP contribution in [-0.2, 0) is 16.1 Å². The lowest BCUT2D eigenvalue weighted by molar-refractivity contribution is -0.136. The van der Waals surface area contributed by atoms with Crippen LogP contribution in [0.2, 0.25) is 0 Å². The third-order valence-corrected chi connectivity index (χ3v) is 6.01. The maximum Gasteiger partial charge on any atom is 0.255 e. The van der Waals surface area contributed by atoms with Gasteiger partial charge in [-0.25, -0.2) is 0 Å². The summed E-state index contributed by atoms with van der Waals surface area (Å²) < 4.78 is 1.13. The molecular formula is C17H13AlN2O3S. The summed E-state index contributed by atoms with van der Waals surface area (Å²) in [7, 11) is 0. The van der Waals surface area contributed by atoms with Crippen LogP contribution in [0.4, 0.5) is 0 Å². The fourth-order valence-corrected chi connectivity index (χ4v) is 4.64. The SMILES string of the molecule is O=C1CC[C@@H](N2Cc3cc(-c4csc[c]4[Al])ccc3C2=O)C(=O)N1. The first-order valence-electron chi connectivity index (χ1n) is 7.64. The molecule has 2 aliphatic rings. The molecule has 3 amide bonds. The van der Waals surface area contributed by atoms with E-state index in [9.17, 15) is 14.4 Å². The molecule has 7 heteroatoms. The van der Waals surface area contributed by atoms with Gasteiger partial charge in [0.25, 0.3) is 5.91 Å². The Labute approximate surface area is 151 Å². The second-order valence-corrected chi connectivity index (χ2v) is 7.38. The predicted octanol–water partition coefficient (Wildman–Crippen LogP) is 0.970. The fraction of sp³-hybridized carbons (Fsp3) is 0.235. The zero-order chi connectivity index (χ0) is 16.8. The van der Waals surface area contributed by atoms with Crippen molar-refractivity contribution in [1.82, 2.24) is 10.2 Å². The number of thiophene rings is 1. The number of imide groups is 1. The van der Waals surface area contributed by atoms with E-state index in [2.05, 4.69) is 32.4 Å². The normalized spacial score (nSPS) is 20.2. The van der Waals surface area contributed by atoms with E-state index in [1.807, 2.05) is 18.2 Å². The van der Waals surface area contributed by atoms with E-state index in [1.54, 1.807) is 16.2 Å². The van der Waals surface area contributed by atoms with Crippen LogP contribution in [0.25, 0.3) is 11.1 Å². The number of carbonyl (C=O) groups is 3. The summed E-state index contributed by atoms with van der Waals surface area (Å²) in [6, 6.07) is 5.24. The van der Waals surface area contributed by atoms with Crippen LogP contribution in [0.15, 0.2) is 29.0 Å². The van der Waals surface area contributed by atoms with Crippen molar-refractivity contribution in [2.75, 3.05) is 0 Å². The van der Waals surface area contributed by atoms with Crippen molar-refractivity contribution in [3.05, 3.63) is 40.1 Å². The van der Waals surface area contributed by atoms with Crippen LogP contribution in [0.1, 0.15) is 28.8 Å². The van der Waals surface area contributed by atoms with E-state index in [0.29, 0.717) is 18.5 Å². The Hall–Kier alpha value is -1.94. The Bertz CT molecular complexity index is 876. The highest BCUT2D eigenvalue weighted by Gasteiger charge is 2.39. The van der Waals surface area contributed by atoms with Gasteiger partial charge in [0.05, 0.1) is 0 Å². The number of nitrogens with zero attached hydrogens (tertiary/aromatic N) is 1. The highest BCUT2D eigenvalue weighted by Crippen LogP contribution is 2.31. The average Bonchev–Trinajstić information content (AvgIpc) is 3.11. The van der Waals surface area contributed by atoms with E-state index in [4.69, 9.17) is 0 Å². The molecule has 1 aromatic heterocycles. The van der Waals surface area contributed by atoms with Crippen molar-refractivity contribution in [2.45, 2.75) is 25.4 Å². The molecular weight excluding hydrogens is 339 g/mol. The van der Waals surface area contributed by atoms with Gasteiger partial charge in [0.2, 0.25) is 11.8 Å². The Morgan fingerprint density at radius 3 is 2.71 bits per heavy atom. The summed E-state index contributed by atoms with van der Waals surface area (Å²) in [4.78, 5) is 37.6. The minimum absolute atomic E-state index is 0.137. The predicted molar refractivity (Wildman–Crippen MR) is 91.2 cm³/mol. The largest absolute Gasteiger partial charge is 0.322 e. The Kier molecular flexibility index (Phi) is 3.80. The number of carbonyl (C=O) groups excluding carboxylic acids is 3. The van der Waals surface area contributed by atoms with Crippen LogP contribution in [0.3, 0.4) is 0 Å². The second kappa shape index (κ2) is 5.85. The minimum Gasteiger partial charge on any atom is -0.322 e. The fourth-order valence-electron chi connectivity index (χ4n) is 3.28. The van der Waals surface area contributed by atoms with Gasteiger partial charge in [0.15, 0.2) is 16.3 Å². The number of nitrogens with one attached hydrogen (secondary N) is 1. The van der Waals surface area contributed by atoms with Crippen molar-refractivity contribution in [1.29, 1.82) is 0 Å². The maximum absolute atomic E-state index is 12.6. The van der Waals surface area contributed by atoms with Gasteiger partial charge in [-0.05, 0) is 46.0 Å². The number of fused-ring (bicyclic) bond motifs is 1. The number of rotatable bonds is 2. The molecule has 1 atom stereocenters. The molecule has 4 rings (SSSR count). The van der Waals surface area contributed by atoms with Crippen LogP contribution in [0, 0.1) is 0 Å². The monoisotopic (exact) mass is 352 g/mol. The Balaban J connectivity index is 1.64. The van der Waals surface area contributed by atoms with Crippen LogP contribution < -0.4 is 9.74 Å². The van der Waals surface area contributed by atoms with Gasteiger partial charge in [-0.1, -0.05) is 6.07 Å². The molecule has 24 heavy (non-hydrogen) atoms. The molecule has 5 nitrogen and oxygen atoms in total. The molecule has 0 bridgehead atoms. The van der Waals surface area contributed by atoms with Gasteiger partial charge in [-0.2, -0.15) is 11.3 Å². The smallest absolute Gasteiger partial charge is 0.255 e. The lowest BCUT2D eigenvalue weighted by Crippen LogP contribution is -2.52. The number of amides is 3. The van der Waals surface area contributed by atoms with Gasteiger partial charge in [-0.3, -0.25) is 19.7 Å². The second-order valence-electron chi connectivity index (χ2n) is 6.01. The van der Waals surface area contributed by atoms with E-state index in [1.165, 1.54) is 0 Å². The topological polar surface area (TPSA) is 66.5 Å². The van der Waals surface area contributed by atoms with Gasteiger partial charge < -0.3 is 4.90 Å². The Morgan fingerprint density at radius 1 is 1.17 bits per heavy atom. The summed E-state index contributed by atoms with van der Waals surface area (Å²) in [5.41, 5.74) is 3.78. The number of hydrogen-bond acceptors (Lipinski definition) is 4. The van der Waals surface area contributed by atoms with Crippen LogP contribution in [0.5, 0.6) is 0 Å². The van der Waals surface area contributed by atoms with E-state index >= 15 is 0 Å². The van der Waals surface area contributed by atoms with Gasteiger partial charge in [0, 0.05) is 18.5 Å². The van der Waals surface area contributed by atoms with E-state index in [-0.39, 0.29) is 24.1 Å². The molecule has 1 saturated heterocycles. The molecule has 2 radical (unpaired) electrons. The summed E-state index contributed by atoms with van der Waals surface area (Å²) >= 11 is 4.35. The molecule has 2 aromatic rings. The first-order valence-corrected chi connectivity index (χ1v) is 9.16. The van der Waals surface area contributed by atoms with Crippen molar-refractivity contribution >= 4 is 49.8 Å². The molecule has 0 saturated carbocycles. The third-order valence-electron chi connectivity index (χ3n) is 4.53. The van der Waals surface area contributed by atoms with Gasteiger partial charge >= 0.3 is 0 Å². The minimum atomic E-state index is -0.565. The molecule has 0 spiro atoms. The van der Waals surface area contributed by atoms with Crippen molar-refractivity contribution in [3.63, 3.8) is 0 Å². The number of hydrogen-bond donors (Lipinski definition) is 1. The zero-order valence-electron chi connectivity index (χ0n) is 12.7. The summed E-state index contributed by atoms with van der Waals surface area (Å²) in [6.45, 7) is 0.407. The van der Waals surface area contributed by atoms with Crippen LogP contribution in [-0.4, -0.2) is 45.0 Å². The summed E-state index contributed by atoms with van der Waals surface area (Å²) in [6.07, 6.45) is 0.657. The molecule has 3 heterocycles. The zero-order valence-corrected chi connectivity index (χ0v) is 14.7. The molecule has 1 aromatic carbocycles. The standard InChI is InChI=1S/C17H13N2O3S.Al/c20-15-4-3-14(16(21)18-15)19-8-12-7-10(11-5-6-23-9-11)1-2-13(12)17(19)22;/h1-2,6-7,9,14H,3-4,8H2,(H,18,20,21);/t14-;/m1./s1. The lowest BCUT2D eigenvalue weighted by atomic mass is 10.0. The van der Waals surface area contributed by atoms with Crippen molar-refractivity contribution < 1.29 is 14.4 Å². The molecule has 2 aliphatic heterocycles. The lowest BCUT2D eigenvalue weighted by Gasteiger charge is -2.29.